The second-order valence-electron chi connectivity index (χ2n) is 5.51. The molecule has 1 N–H and O–H groups in total. The summed E-state index contributed by atoms with van der Waals surface area (Å²) in [5.41, 5.74) is 4.42. The van der Waals surface area contributed by atoms with Crippen LogP contribution in [0, 0.1) is 6.92 Å². The SMILES string of the molecule is CNC(=O)c1ccc([C@H]2CN(Cc3scnc3C)CCO2)nc1. The summed E-state index contributed by atoms with van der Waals surface area (Å²) in [5, 5.41) is 2.59. The van der Waals surface area contributed by atoms with Crippen LogP contribution in [0.3, 0.4) is 0 Å². The zero-order valence-corrected chi connectivity index (χ0v) is 14.1. The summed E-state index contributed by atoms with van der Waals surface area (Å²) in [4.78, 5) is 23.9. The van der Waals surface area contributed by atoms with E-state index in [0.29, 0.717) is 12.2 Å². The molecule has 0 aliphatic carbocycles. The highest BCUT2D eigenvalue weighted by atomic mass is 32.1. The molecule has 2 aromatic rings. The minimum Gasteiger partial charge on any atom is -0.369 e. The molecule has 0 saturated carbocycles. The third-order valence-electron chi connectivity index (χ3n) is 3.97. The molecule has 0 radical (unpaired) electrons. The van der Waals surface area contributed by atoms with Gasteiger partial charge in [0.15, 0.2) is 0 Å². The van der Waals surface area contributed by atoms with Gasteiger partial charge < -0.3 is 10.1 Å². The predicted octanol–water partition coefficient (Wildman–Crippen LogP) is 1.78. The molecule has 1 atom stereocenters. The number of ether oxygens (including phenoxy) is 1. The molecule has 2 aromatic heterocycles. The first-order valence-electron chi connectivity index (χ1n) is 7.58. The van der Waals surface area contributed by atoms with E-state index in [9.17, 15) is 4.79 Å². The van der Waals surface area contributed by atoms with Crippen molar-refractivity contribution in [3.63, 3.8) is 0 Å². The van der Waals surface area contributed by atoms with Crippen LogP contribution in [0.15, 0.2) is 23.8 Å². The first-order valence-corrected chi connectivity index (χ1v) is 8.46. The standard InChI is InChI=1S/C16H20N4O2S/c1-11-15(23-10-19-11)9-20-5-6-22-14(8-20)13-4-3-12(7-18-13)16(21)17-2/h3-4,7,10,14H,5-6,8-9H2,1-2H3,(H,17,21)/t14-/m1/s1. The summed E-state index contributed by atoms with van der Waals surface area (Å²) < 4.78 is 5.85. The number of aromatic nitrogens is 2. The van der Waals surface area contributed by atoms with Crippen LogP contribution in [0.5, 0.6) is 0 Å². The largest absolute Gasteiger partial charge is 0.369 e. The number of hydrogen-bond acceptors (Lipinski definition) is 6. The molecule has 3 heterocycles. The van der Waals surface area contributed by atoms with E-state index in [4.69, 9.17) is 4.74 Å². The lowest BCUT2D eigenvalue weighted by Crippen LogP contribution is -2.38. The number of morpholine rings is 1. The molecule has 23 heavy (non-hydrogen) atoms. The molecule has 1 aliphatic rings. The maximum Gasteiger partial charge on any atom is 0.252 e. The Morgan fingerprint density at radius 2 is 2.35 bits per heavy atom. The van der Waals surface area contributed by atoms with E-state index in [2.05, 4.69) is 20.2 Å². The molecule has 3 rings (SSSR count). The van der Waals surface area contributed by atoms with Gasteiger partial charge in [-0.15, -0.1) is 11.3 Å². The Bertz CT molecular complexity index is 671. The van der Waals surface area contributed by atoms with Crippen molar-refractivity contribution >= 4 is 17.2 Å². The van der Waals surface area contributed by atoms with Crippen LogP contribution in [0.2, 0.25) is 0 Å². The average Bonchev–Trinajstić information content (AvgIpc) is 2.99. The molecule has 1 saturated heterocycles. The molecule has 0 spiro atoms. The quantitative estimate of drug-likeness (QED) is 0.924. The maximum absolute atomic E-state index is 11.6. The van der Waals surface area contributed by atoms with Crippen molar-refractivity contribution in [2.24, 2.45) is 0 Å². The van der Waals surface area contributed by atoms with Crippen molar-refractivity contribution in [2.75, 3.05) is 26.7 Å². The lowest BCUT2D eigenvalue weighted by Gasteiger charge is -2.32. The Labute approximate surface area is 139 Å². The third kappa shape index (κ3) is 3.74. The summed E-state index contributed by atoms with van der Waals surface area (Å²) >= 11 is 1.69. The number of pyridine rings is 1. The van der Waals surface area contributed by atoms with Gasteiger partial charge in [0.2, 0.25) is 0 Å². The summed E-state index contributed by atoms with van der Waals surface area (Å²) in [5.74, 6) is -0.129. The summed E-state index contributed by atoms with van der Waals surface area (Å²) in [6, 6.07) is 3.66. The Morgan fingerprint density at radius 1 is 1.48 bits per heavy atom. The van der Waals surface area contributed by atoms with E-state index >= 15 is 0 Å². The summed E-state index contributed by atoms with van der Waals surface area (Å²) in [6.07, 6.45) is 1.54. The van der Waals surface area contributed by atoms with E-state index in [1.807, 2.05) is 18.5 Å². The Balaban J connectivity index is 1.66. The monoisotopic (exact) mass is 332 g/mol. The van der Waals surface area contributed by atoms with Crippen molar-refractivity contribution in [1.29, 1.82) is 0 Å². The number of nitrogens with one attached hydrogen (secondary N) is 1. The third-order valence-corrected chi connectivity index (χ3v) is 4.89. The highest BCUT2D eigenvalue weighted by Gasteiger charge is 2.24. The van der Waals surface area contributed by atoms with Gasteiger partial charge in [-0.25, -0.2) is 4.98 Å². The topological polar surface area (TPSA) is 67.4 Å². The van der Waals surface area contributed by atoms with Crippen LogP contribution in [0.1, 0.15) is 32.7 Å². The van der Waals surface area contributed by atoms with Crippen LogP contribution < -0.4 is 5.32 Å². The fraction of sp³-hybridized carbons (Fsp3) is 0.438. The molecular formula is C16H20N4O2S. The molecular weight excluding hydrogens is 312 g/mol. The normalized spacial score (nSPS) is 18.8. The van der Waals surface area contributed by atoms with Gasteiger partial charge in [-0.1, -0.05) is 0 Å². The van der Waals surface area contributed by atoms with Crippen LogP contribution in [0.25, 0.3) is 0 Å². The Hall–Kier alpha value is -1.83. The number of aryl methyl sites for hydroxylation is 1. The van der Waals surface area contributed by atoms with E-state index in [1.165, 1.54) is 4.88 Å². The smallest absolute Gasteiger partial charge is 0.252 e. The first-order chi connectivity index (χ1) is 11.2. The van der Waals surface area contributed by atoms with Gasteiger partial charge in [0.1, 0.15) is 6.10 Å². The molecule has 122 valence electrons. The lowest BCUT2D eigenvalue weighted by atomic mass is 10.1. The fourth-order valence-electron chi connectivity index (χ4n) is 2.58. The van der Waals surface area contributed by atoms with Gasteiger partial charge >= 0.3 is 0 Å². The number of nitrogens with zero attached hydrogens (tertiary/aromatic N) is 3. The number of hydrogen-bond donors (Lipinski definition) is 1. The Kier molecular flexibility index (Phi) is 5.00. The van der Waals surface area contributed by atoms with Crippen molar-refractivity contribution < 1.29 is 9.53 Å². The number of thiazole rings is 1. The minimum atomic E-state index is -0.129. The Morgan fingerprint density at radius 3 is 3.00 bits per heavy atom. The summed E-state index contributed by atoms with van der Waals surface area (Å²) in [7, 11) is 1.61. The molecule has 1 fully saturated rings. The summed E-state index contributed by atoms with van der Waals surface area (Å²) in [6.45, 7) is 5.32. The van der Waals surface area contributed by atoms with Crippen molar-refractivity contribution in [3.05, 3.63) is 45.7 Å². The lowest BCUT2D eigenvalue weighted by molar-refractivity contribution is -0.0347. The molecule has 0 unspecified atom stereocenters. The molecule has 1 aliphatic heterocycles. The van der Waals surface area contributed by atoms with Gasteiger partial charge in [0.25, 0.3) is 5.91 Å². The van der Waals surface area contributed by atoms with Crippen molar-refractivity contribution in [1.82, 2.24) is 20.2 Å². The molecule has 0 aromatic carbocycles. The van der Waals surface area contributed by atoms with Gasteiger partial charge in [0, 0.05) is 37.8 Å². The van der Waals surface area contributed by atoms with E-state index in [0.717, 1.165) is 31.0 Å². The molecule has 6 nitrogen and oxygen atoms in total. The number of carbonyl (C=O) groups is 1. The second-order valence-corrected chi connectivity index (χ2v) is 6.45. The van der Waals surface area contributed by atoms with Crippen molar-refractivity contribution in [3.8, 4) is 0 Å². The zero-order valence-electron chi connectivity index (χ0n) is 13.3. The molecule has 7 heteroatoms. The van der Waals surface area contributed by atoms with Gasteiger partial charge in [-0.3, -0.25) is 14.7 Å². The van der Waals surface area contributed by atoms with Gasteiger partial charge in [-0.05, 0) is 19.1 Å². The zero-order chi connectivity index (χ0) is 16.2. The fourth-order valence-corrected chi connectivity index (χ4v) is 3.40. The average molecular weight is 332 g/mol. The highest BCUT2D eigenvalue weighted by molar-refractivity contribution is 7.09. The van der Waals surface area contributed by atoms with Crippen molar-refractivity contribution in [2.45, 2.75) is 19.6 Å². The number of amides is 1. The number of rotatable bonds is 4. The molecule has 1 amide bonds. The van der Waals surface area contributed by atoms with Crippen LogP contribution >= 0.6 is 11.3 Å². The van der Waals surface area contributed by atoms with Crippen LogP contribution in [0.4, 0.5) is 0 Å². The number of carbonyl (C=O) groups excluding carboxylic acids is 1. The predicted molar refractivity (Wildman–Crippen MR) is 88.4 cm³/mol. The molecule has 0 bridgehead atoms. The highest BCUT2D eigenvalue weighted by Crippen LogP contribution is 2.23. The second kappa shape index (κ2) is 7.16. The van der Waals surface area contributed by atoms with Crippen LogP contribution in [-0.2, 0) is 11.3 Å². The van der Waals surface area contributed by atoms with E-state index in [1.54, 1.807) is 30.6 Å². The van der Waals surface area contributed by atoms with E-state index < -0.39 is 0 Å². The van der Waals surface area contributed by atoms with Gasteiger partial charge in [-0.2, -0.15) is 0 Å². The van der Waals surface area contributed by atoms with Crippen LogP contribution in [-0.4, -0.2) is 47.5 Å². The van der Waals surface area contributed by atoms with E-state index in [-0.39, 0.29) is 12.0 Å². The minimum absolute atomic E-state index is 0.0595. The maximum atomic E-state index is 11.6. The first kappa shape index (κ1) is 16.0. The van der Waals surface area contributed by atoms with Gasteiger partial charge in [0.05, 0.1) is 29.1 Å².